The third-order valence-corrected chi connectivity index (χ3v) is 2.41. The normalized spacial score (nSPS) is 10.2. The molecular formula is C13H10F2N2O. The zero-order chi connectivity index (χ0) is 13.1. The number of nitrogens with one attached hydrogen (secondary N) is 1. The zero-order valence-electron chi connectivity index (χ0n) is 9.58. The van der Waals surface area contributed by atoms with E-state index in [4.69, 9.17) is 0 Å². The first kappa shape index (κ1) is 12.2. The molecule has 0 radical (unpaired) electrons. The molecule has 3 nitrogen and oxygen atoms in total. The monoisotopic (exact) mass is 248 g/mol. The molecule has 0 fully saturated rings. The van der Waals surface area contributed by atoms with Gasteiger partial charge < -0.3 is 5.32 Å². The summed E-state index contributed by atoms with van der Waals surface area (Å²) in [4.78, 5) is 15.1. The van der Waals surface area contributed by atoms with Crippen LogP contribution in [0.4, 0.5) is 14.5 Å². The lowest BCUT2D eigenvalue weighted by molar-refractivity contribution is 0.102. The molecule has 0 aliphatic carbocycles. The first-order chi connectivity index (χ1) is 8.56. The van der Waals surface area contributed by atoms with Gasteiger partial charge in [0.1, 0.15) is 5.82 Å². The Balaban J connectivity index is 2.16. The maximum absolute atomic E-state index is 13.0. The fourth-order valence-electron chi connectivity index (χ4n) is 1.44. The average Bonchev–Trinajstić information content (AvgIpc) is 2.34. The first-order valence-electron chi connectivity index (χ1n) is 5.25. The summed E-state index contributed by atoms with van der Waals surface area (Å²) in [7, 11) is 0. The number of rotatable bonds is 2. The molecule has 92 valence electrons. The highest BCUT2D eigenvalue weighted by Crippen LogP contribution is 2.14. The third kappa shape index (κ3) is 2.68. The van der Waals surface area contributed by atoms with Gasteiger partial charge in [-0.3, -0.25) is 4.79 Å². The third-order valence-electron chi connectivity index (χ3n) is 2.41. The molecule has 1 N–H and O–H groups in total. The Labute approximate surface area is 102 Å². The average molecular weight is 248 g/mol. The molecular weight excluding hydrogens is 238 g/mol. The largest absolute Gasteiger partial charge is 0.322 e. The minimum absolute atomic E-state index is 0.235. The molecule has 1 amide bonds. The van der Waals surface area contributed by atoms with Crippen molar-refractivity contribution in [2.45, 2.75) is 6.92 Å². The Bertz CT molecular complexity index is 582. The Morgan fingerprint density at radius 1 is 1.22 bits per heavy atom. The lowest BCUT2D eigenvalue weighted by Crippen LogP contribution is -2.12. The van der Waals surface area contributed by atoms with Crippen LogP contribution in [-0.4, -0.2) is 10.9 Å². The smallest absolute Gasteiger partial charge is 0.257 e. The Morgan fingerprint density at radius 3 is 2.61 bits per heavy atom. The lowest BCUT2D eigenvalue weighted by atomic mass is 10.2. The van der Waals surface area contributed by atoms with Gasteiger partial charge in [-0.05, 0) is 42.8 Å². The zero-order valence-corrected chi connectivity index (χ0v) is 9.58. The molecule has 18 heavy (non-hydrogen) atoms. The molecule has 0 spiro atoms. The van der Waals surface area contributed by atoms with E-state index in [-0.39, 0.29) is 11.4 Å². The van der Waals surface area contributed by atoms with Crippen LogP contribution in [0.2, 0.25) is 0 Å². The number of hydrogen-bond donors (Lipinski definition) is 1. The van der Waals surface area contributed by atoms with Crippen LogP contribution >= 0.6 is 0 Å². The summed E-state index contributed by atoms with van der Waals surface area (Å²) in [6.45, 7) is 1.60. The molecule has 0 saturated heterocycles. The van der Waals surface area contributed by atoms with Crippen LogP contribution in [0.25, 0.3) is 0 Å². The number of aromatic nitrogens is 1. The number of amides is 1. The van der Waals surface area contributed by atoms with Crippen LogP contribution in [0.5, 0.6) is 0 Å². The van der Waals surface area contributed by atoms with E-state index in [1.165, 1.54) is 24.3 Å². The number of carbonyl (C=O) groups is 1. The lowest BCUT2D eigenvalue weighted by Gasteiger charge is -2.06. The maximum atomic E-state index is 13.0. The van der Waals surface area contributed by atoms with Crippen molar-refractivity contribution in [1.82, 2.24) is 4.98 Å². The number of halogens is 2. The summed E-state index contributed by atoms with van der Waals surface area (Å²) in [5, 5.41) is 2.58. The van der Waals surface area contributed by atoms with Gasteiger partial charge in [0.15, 0.2) is 0 Å². The van der Waals surface area contributed by atoms with Crippen molar-refractivity contribution in [2.75, 3.05) is 5.32 Å². The summed E-state index contributed by atoms with van der Waals surface area (Å²) in [5.74, 6) is -1.41. The fourth-order valence-corrected chi connectivity index (χ4v) is 1.44. The molecule has 1 aromatic heterocycles. The van der Waals surface area contributed by atoms with E-state index in [1.807, 2.05) is 0 Å². The van der Waals surface area contributed by atoms with Crippen molar-refractivity contribution in [3.05, 3.63) is 59.4 Å². The fraction of sp³-hybridized carbons (Fsp3) is 0.0769. The van der Waals surface area contributed by atoms with Crippen molar-refractivity contribution in [1.29, 1.82) is 0 Å². The maximum Gasteiger partial charge on any atom is 0.257 e. The van der Waals surface area contributed by atoms with Gasteiger partial charge in [0.2, 0.25) is 5.95 Å². The van der Waals surface area contributed by atoms with Crippen molar-refractivity contribution < 1.29 is 13.6 Å². The van der Waals surface area contributed by atoms with Gasteiger partial charge >= 0.3 is 0 Å². The molecule has 0 aliphatic rings. The quantitative estimate of drug-likeness (QED) is 0.830. The molecule has 0 bridgehead atoms. The number of hydrogen-bond acceptors (Lipinski definition) is 2. The second-order valence-corrected chi connectivity index (χ2v) is 3.79. The molecule has 1 aromatic carbocycles. The van der Waals surface area contributed by atoms with Crippen LogP contribution in [0, 0.1) is 18.7 Å². The number of anilines is 1. The topological polar surface area (TPSA) is 42.0 Å². The molecule has 1 heterocycles. The van der Waals surface area contributed by atoms with Crippen LogP contribution in [-0.2, 0) is 0 Å². The van der Waals surface area contributed by atoms with Crippen molar-refractivity contribution >= 4 is 11.6 Å². The van der Waals surface area contributed by atoms with E-state index >= 15 is 0 Å². The predicted octanol–water partition coefficient (Wildman–Crippen LogP) is 2.92. The highest BCUT2D eigenvalue weighted by atomic mass is 19.1. The van der Waals surface area contributed by atoms with Gasteiger partial charge in [-0.15, -0.1) is 0 Å². The highest BCUT2D eigenvalue weighted by molar-refractivity contribution is 6.04. The van der Waals surface area contributed by atoms with Crippen LogP contribution in [0.15, 0.2) is 36.5 Å². The van der Waals surface area contributed by atoms with Gasteiger partial charge in [0.25, 0.3) is 5.91 Å². The van der Waals surface area contributed by atoms with Gasteiger partial charge in [0.05, 0.1) is 5.56 Å². The van der Waals surface area contributed by atoms with E-state index in [1.54, 1.807) is 6.92 Å². The second kappa shape index (κ2) is 4.91. The van der Waals surface area contributed by atoms with Gasteiger partial charge in [0, 0.05) is 11.9 Å². The Kier molecular flexibility index (Phi) is 3.32. The summed E-state index contributed by atoms with van der Waals surface area (Å²) in [6.07, 6.45) is 1.14. The molecule has 2 aromatic rings. The molecule has 0 atom stereocenters. The van der Waals surface area contributed by atoms with E-state index in [2.05, 4.69) is 10.3 Å². The second-order valence-electron chi connectivity index (χ2n) is 3.79. The summed E-state index contributed by atoms with van der Waals surface area (Å²) >= 11 is 0. The number of pyridine rings is 1. The van der Waals surface area contributed by atoms with Crippen LogP contribution < -0.4 is 5.32 Å². The highest BCUT2D eigenvalue weighted by Gasteiger charge is 2.07. The molecule has 5 heteroatoms. The molecule has 0 unspecified atom stereocenters. The standard InChI is InChI=1S/C13H10F2N2O/c1-8-6-10(3-4-11(8)14)17-13(18)9-2-5-12(15)16-7-9/h2-7H,1H3,(H,17,18). The van der Waals surface area contributed by atoms with E-state index in [0.717, 1.165) is 12.3 Å². The summed E-state index contributed by atoms with van der Waals surface area (Å²) in [6, 6.07) is 6.67. The van der Waals surface area contributed by atoms with E-state index < -0.39 is 11.9 Å². The SMILES string of the molecule is Cc1cc(NC(=O)c2ccc(F)nc2)ccc1F. The Hall–Kier alpha value is -2.30. The Morgan fingerprint density at radius 2 is 2.00 bits per heavy atom. The van der Waals surface area contributed by atoms with Crippen LogP contribution in [0.3, 0.4) is 0 Å². The van der Waals surface area contributed by atoms with Crippen molar-refractivity contribution in [3.63, 3.8) is 0 Å². The van der Waals surface area contributed by atoms with Gasteiger partial charge in [-0.1, -0.05) is 0 Å². The van der Waals surface area contributed by atoms with E-state index in [0.29, 0.717) is 11.3 Å². The minimum atomic E-state index is -0.649. The molecule has 0 aliphatic heterocycles. The first-order valence-corrected chi connectivity index (χ1v) is 5.25. The number of carbonyl (C=O) groups excluding carboxylic acids is 1. The van der Waals surface area contributed by atoms with Crippen LogP contribution in [0.1, 0.15) is 15.9 Å². The predicted molar refractivity (Wildman–Crippen MR) is 63.3 cm³/mol. The van der Waals surface area contributed by atoms with Gasteiger partial charge in [-0.2, -0.15) is 4.39 Å². The molecule has 2 rings (SSSR count). The number of benzene rings is 1. The number of nitrogens with zero attached hydrogens (tertiary/aromatic N) is 1. The minimum Gasteiger partial charge on any atom is -0.322 e. The van der Waals surface area contributed by atoms with Crippen molar-refractivity contribution in [2.24, 2.45) is 0 Å². The summed E-state index contributed by atoms with van der Waals surface area (Å²) in [5.41, 5.74) is 1.15. The van der Waals surface area contributed by atoms with Crippen molar-refractivity contribution in [3.8, 4) is 0 Å². The van der Waals surface area contributed by atoms with E-state index in [9.17, 15) is 13.6 Å². The molecule has 0 saturated carbocycles. The number of aryl methyl sites for hydroxylation is 1. The summed E-state index contributed by atoms with van der Waals surface area (Å²) < 4.78 is 25.6. The van der Waals surface area contributed by atoms with Gasteiger partial charge in [-0.25, -0.2) is 9.37 Å².